The zero-order chi connectivity index (χ0) is 20.7. The Balaban J connectivity index is 1.97. The van der Waals surface area contributed by atoms with E-state index in [1.165, 1.54) is 19.1 Å². The molecule has 148 valence electrons. The van der Waals surface area contributed by atoms with E-state index in [1.807, 2.05) is 37.3 Å². The SMILES string of the molecule is CC[C@H](CNC(=O)[C@H](C)OC(=O)c1cc([N+](=O)[O-])ccc1Cl)c1ccccc1. The fourth-order valence-corrected chi connectivity index (χ4v) is 2.85. The third-order valence-corrected chi connectivity index (χ3v) is 4.65. The molecule has 0 fully saturated rings. The third kappa shape index (κ3) is 5.53. The minimum Gasteiger partial charge on any atom is -0.449 e. The Morgan fingerprint density at radius 3 is 2.50 bits per heavy atom. The van der Waals surface area contributed by atoms with Gasteiger partial charge in [-0.1, -0.05) is 48.9 Å². The van der Waals surface area contributed by atoms with Crippen LogP contribution in [0.3, 0.4) is 0 Å². The highest BCUT2D eigenvalue weighted by atomic mass is 35.5. The van der Waals surface area contributed by atoms with E-state index in [9.17, 15) is 19.7 Å². The van der Waals surface area contributed by atoms with E-state index in [2.05, 4.69) is 5.32 Å². The Kier molecular flexibility index (Phi) is 7.52. The molecule has 2 atom stereocenters. The van der Waals surface area contributed by atoms with E-state index in [4.69, 9.17) is 16.3 Å². The summed E-state index contributed by atoms with van der Waals surface area (Å²) in [6.07, 6.45) is -0.238. The molecule has 0 radical (unpaired) electrons. The van der Waals surface area contributed by atoms with Gasteiger partial charge in [-0.25, -0.2) is 4.79 Å². The van der Waals surface area contributed by atoms with Crippen LogP contribution < -0.4 is 5.32 Å². The number of ether oxygens (including phenoxy) is 1. The van der Waals surface area contributed by atoms with Crippen LogP contribution in [0.4, 0.5) is 5.69 Å². The highest BCUT2D eigenvalue weighted by Crippen LogP contribution is 2.23. The minimum atomic E-state index is -1.07. The molecule has 28 heavy (non-hydrogen) atoms. The van der Waals surface area contributed by atoms with Gasteiger partial charge in [-0.05, 0) is 25.0 Å². The number of nitro benzene ring substituents is 1. The van der Waals surface area contributed by atoms with Crippen molar-refractivity contribution in [2.75, 3.05) is 6.54 Å². The maximum absolute atomic E-state index is 12.3. The molecule has 8 heteroatoms. The molecule has 1 amide bonds. The van der Waals surface area contributed by atoms with E-state index < -0.39 is 22.9 Å². The number of carbonyl (C=O) groups is 2. The number of halogens is 1. The number of carbonyl (C=O) groups excluding carboxylic acids is 2. The van der Waals surface area contributed by atoms with Crippen LogP contribution in [0.15, 0.2) is 48.5 Å². The van der Waals surface area contributed by atoms with Crippen LogP contribution in [-0.2, 0) is 9.53 Å². The number of amides is 1. The van der Waals surface area contributed by atoms with Crippen LogP contribution in [0.5, 0.6) is 0 Å². The summed E-state index contributed by atoms with van der Waals surface area (Å²) in [6.45, 7) is 3.86. The first-order valence-corrected chi connectivity index (χ1v) is 9.18. The van der Waals surface area contributed by atoms with E-state index in [0.29, 0.717) is 6.54 Å². The van der Waals surface area contributed by atoms with Gasteiger partial charge in [-0.3, -0.25) is 14.9 Å². The molecule has 0 aliphatic rings. The van der Waals surface area contributed by atoms with Crippen molar-refractivity contribution in [1.29, 1.82) is 0 Å². The number of nitrogens with zero attached hydrogens (tertiary/aromatic N) is 1. The van der Waals surface area contributed by atoms with Gasteiger partial charge >= 0.3 is 5.97 Å². The van der Waals surface area contributed by atoms with Crippen LogP contribution in [-0.4, -0.2) is 29.4 Å². The average molecular weight is 405 g/mol. The van der Waals surface area contributed by atoms with Gasteiger partial charge in [-0.15, -0.1) is 0 Å². The number of benzene rings is 2. The van der Waals surface area contributed by atoms with Crippen molar-refractivity contribution >= 4 is 29.2 Å². The standard InChI is InChI=1S/C20H21ClN2O5/c1-3-14(15-7-5-4-6-8-15)12-22-19(24)13(2)28-20(25)17-11-16(23(26)27)9-10-18(17)21/h4-11,13-14H,3,12H2,1-2H3,(H,22,24)/t13-,14+/m0/s1. The largest absolute Gasteiger partial charge is 0.449 e. The molecule has 0 aliphatic heterocycles. The Morgan fingerprint density at radius 2 is 1.89 bits per heavy atom. The Labute approximate surface area is 167 Å². The topological polar surface area (TPSA) is 98.5 Å². The van der Waals surface area contributed by atoms with Crippen molar-refractivity contribution in [3.63, 3.8) is 0 Å². The van der Waals surface area contributed by atoms with Crippen molar-refractivity contribution in [1.82, 2.24) is 5.32 Å². The summed E-state index contributed by atoms with van der Waals surface area (Å²) in [6, 6.07) is 13.2. The zero-order valence-electron chi connectivity index (χ0n) is 15.6. The highest BCUT2D eigenvalue weighted by molar-refractivity contribution is 6.33. The van der Waals surface area contributed by atoms with Gasteiger partial charge in [0.05, 0.1) is 15.5 Å². The van der Waals surface area contributed by atoms with E-state index in [-0.39, 0.29) is 22.2 Å². The van der Waals surface area contributed by atoms with E-state index in [0.717, 1.165) is 18.1 Å². The molecule has 2 aromatic rings. The van der Waals surface area contributed by atoms with Crippen LogP contribution in [0, 0.1) is 10.1 Å². The van der Waals surface area contributed by atoms with Gasteiger partial charge in [0.2, 0.25) is 0 Å². The molecular weight excluding hydrogens is 384 g/mol. The van der Waals surface area contributed by atoms with Gasteiger partial charge in [-0.2, -0.15) is 0 Å². The summed E-state index contributed by atoms with van der Waals surface area (Å²) in [5.41, 5.74) is 0.659. The lowest BCUT2D eigenvalue weighted by atomic mass is 9.96. The molecule has 0 bridgehead atoms. The molecule has 0 saturated heterocycles. The van der Waals surface area contributed by atoms with Crippen molar-refractivity contribution in [2.45, 2.75) is 32.3 Å². The molecule has 0 aromatic heterocycles. The second kappa shape index (κ2) is 9.85. The van der Waals surface area contributed by atoms with Crippen molar-refractivity contribution in [3.8, 4) is 0 Å². The Morgan fingerprint density at radius 1 is 1.21 bits per heavy atom. The molecule has 1 N–H and O–H groups in total. The smallest absolute Gasteiger partial charge is 0.340 e. The Hall–Kier alpha value is -2.93. The van der Waals surface area contributed by atoms with Gasteiger partial charge in [0.25, 0.3) is 11.6 Å². The normalized spacial score (nSPS) is 12.7. The lowest BCUT2D eigenvalue weighted by Gasteiger charge is -2.18. The first kappa shape index (κ1) is 21.4. The van der Waals surface area contributed by atoms with Crippen molar-refractivity contribution < 1.29 is 19.2 Å². The Bertz CT molecular complexity index is 857. The molecule has 0 unspecified atom stereocenters. The molecule has 2 rings (SSSR count). The number of non-ortho nitro benzene ring substituents is 1. The molecule has 2 aromatic carbocycles. The summed E-state index contributed by atoms with van der Waals surface area (Å²) >= 11 is 5.92. The molecule has 0 saturated carbocycles. The molecule has 0 heterocycles. The monoisotopic (exact) mass is 404 g/mol. The summed E-state index contributed by atoms with van der Waals surface area (Å²) in [5, 5.41) is 13.6. The van der Waals surface area contributed by atoms with Crippen LogP contribution in [0.1, 0.15) is 42.1 Å². The highest BCUT2D eigenvalue weighted by Gasteiger charge is 2.23. The number of rotatable bonds is 8. The zero-order valence-corrected chi connectivity index (χ0v) is 16.3. The summed E-state index contributed by atoms with van der Waals surface area (Å²) < 4.78 is 5.13. The molecule has 0 aliphatic carbocycles. The number of nitro groups is 1. The molecular formula is C20H21ClN2O5. The minimum absolute atomic E-state index is 0.0123. The van der Waals surface area contributed by atoms with E-state index in [1.54, 1.807) is 0 Å². The number of esters is 1. The summed E-state index contributed by atoms with van der Waals surface area (Å²) in [4.78, 5) is 34.8. The third-order valence-electron chi connectivity index (χ3n) is 4.32. The second-order valence-electron chi connectivity index (χ2n) is 6.23. The summed E-state index contributed by atoms with van der Waals surface area (Å²) in [5.74, 6) is -1.21. The fourth-order valence-electron chi connectivity index (χ4n) is 2.65. The maximum atomic E-state index is 12.3. The fraction of sp³-hybridized carbons (Fsp3) is 0.300. The van der Waals surface area contributed by atoms with E-state index >= 15 is 0 Å². The number of hydrogen-bond donors (Lipinski definition) is 1. The quantitative estimate of drug-likeness (QED) is 0.405. The van der Waals surface area contributed by atoms with Gasteiger partial charge in [0, 0.05) is 24.6 Å². The number of hydrogen-bond acceptors (Lipinski definition) is 5. The van der Waals surface area contributed by atoms with Gasteiger partial charge < -0.3 is 10.1 Å². The van der Waals surface area contributed by atoms with Crippen molar-refractivity contribution in [2.24, 2.45) is 0 Å². The average Bonchev–Trinajstić information content (AvgIpc) is 2.69. The van der Waals surface area contributed by atoms with Crippen LogP contribution >= 0.6 is 11.6 Å². The predicted octanol–water partition coefficient (Wildman–Crippen LogP) is 4.10. The van der Waals surface area contributed by atoms with Crippen LogP contribution in [0.25, 0.3) is 0 Å². The number of nitrogens with one attached hydrogen (secondary N) is 1. The summed E-state index contributed by atoms with van der Waals surface area (Å²) in [7, 11) is 0. The van der Waals surface area contributed by atoms with Gasteiger partial charge in [0.1, 0.15) is 0 Å². The molecule has 0 spiro atoms. The van der Waals surface area contributed by atoms with Crippen LogP contribution in [0.2, 0.25) is 5.02 Å². The lowest BCUT2D eigenvalue weighted by Crippen LogP contribution is -2.38. The first-order chi connectivity index (χ1) is 13.3. The van der Waals surface area contributed by atoms with Crippen molar-refractivity contribution in [3.05, 3.63) is 74.8 Å². The second-order valence-corrected chi connectivity index (χ2v) is 6.64. The van der Waals surface area contributed by atoms with Gasteiger partial charge in [0.15, 0.2) is 6.10 Å². The first-order valence-electron chi connectivity index (χ1n) is 8.81. The lowest BCUT2D eigenvalue weighted by molar-refractivity contribution is -0.384. The maximum Gasteiger partial charge on any atom is 0.340 e. The molecule has 7 nitrogen and oxygen atoms in total. The predicted molar refractivity (Wildman–Crippen MR) is 105 cm³/mol.